The van der Waals surface area contributed by atoms with Gasteiger partial charge in [0.05, 0.1) is 6.54 Å². The molecule has 2 aliphatic rings. The van der Waals surface area contributed by atoms with Crippen LogP contribution in [0.3, 0.4) is 0 Å². The van der Waals surface area contributed by atoms with Crippen molar-refractivity contribution >= 4 is 12.0 Å². The van der Waals surface area contributed by atoms with Gasteiger partial charge in [0.15, 0.2) is 0 Å². The molecule has 190 valence electrons. The van der Waals surface area contributed by atoms with E-state index in [0.717, 1.165) is 37.1 Å². The van der Waals surface area contributed by atoms with E-state index in [-0.39, 0.29) is 12.0 Å². The van der Waals surface area contributed by atoms with Crippen LogP contribution in [-0.4, -0.2) is 81.7 Å². The predicted octanol–water partition coefficient (Wildman–Crippen LogP) is 3.73. The number of piperidine rings is 1. The van der Waals surface area contributed by atoms with Crippen molar-refractivity contribution in [2.45, 2.75) is 59.1 Å². The average Bonchev–Trinajstić information content (AvgIpc) is 3.27. The largest absolute Gasteiger partial charge is 0.444 e. The van der Waals surface area contributed by atoms with Crippen LogP contribution in [0.4, 0.5) is 4.79 Å². The molecule has 0 unspecified atom stereocenters. The van der Waals surface area contributed by atoms with Gasteiger partial charge in [0, 0.05) is 51.3 Å². The summed E-state index contributed by atoms with van der Waals surface area (Å²) in [5.74, 6) is 1.74. The van der Waals surface area contributed by atoms with Crippen molar-refractivity contribution in [2.24, 2.45) is 5.92 Å². The molecule has 0 N–H and O–H groups in total. The quantitative estimate of drug-likeness (QED) is 0.640. The number of aromatic nitrogens is 2. The van der Waals surface area contributed by atoms with Crippen molar-refractivity contribution in [3.05, 3.63) is 35.7 Å². The predicted molar refractivity (Wildman–Crippen MR) is 131 cm³/mol. The van der Waals surface area contributed by atoms with Gasteiger partial charge >= 0.3 is 6.09 Å². The van der Waals surface area contributed by atoms with Crippen molar-refractivity contribution in [2.75, 3.05) is 39.3 Å². The first kappa shape index (κ1) is 25.2. The number of hydrogen-bond acceptors (Lipinski definition) is 7. The molecule has 2 amide bonds. The summed E-state index contributed by atoms with van der Waals surface area (Å²) in [6, 6.07) is 7.99. The molecule has 3 heterocycles. The number of aryl methyl sites for hydroxylation is 1. The zero-order valence-electron chi connectivity index (χ0n) is 21.3. The molecule has 0 spiro atoms. The van der Waals surface area contributed by atoms with Gasteiger partial charge in [0.2, 0.25) is 17.6 Å². The summed E-state index contributed by atoms with van der Waals surface area (Å²) in [7, 11) is 0. The van der Waals surface area contributed by atoms with Crippen LogP contribution in [0, 0.1) is 12.8 Å². The Morgan fingerprint density at radius 1 is 1.03 bits per heavy atom. The fourth-order valence-electron chi connectivity index (χ4n) is 4.62. The maximum Gasteiger partial charge on any atom is 0.410 e. The molecule has 1 aromatic carbocycles. The topological polar surface area (TPSA) is 92.0 Å². The minimum atomic E-state index is -0.487. The number of amides is 2. The Bertz CT molecular complexity index is 1010. The summed E-state index contributed by atoms with van der Waals surface area (Å²) >= 11 is 0. The van der Waals surface area contributed by atoms with Gasteiger partial charge in [0.1, 0.15) is 5.60 Å². The summed E-state index contributed by atoms with van der Waals surface area (Å²) < 4.78 is 10.9. The number of piperazine rings is 1. The Hall–Kier alpha value is -2.94. The van der Waals surface area contributed by atoms with Crippen LogP contribution < -0.4 is 0 Å². The van der Waals surface area contributed by atoms with Gasteiger partial charge in [-0.15, -0.1) is 0 Å². The van der Waals surface area contributed by atoms with E-state index in [4.69, 9.17) is 9.26 Å². The third-order valence-corrected chi connectivity index (χ3v) is 6.67. The number of ether oxygens (including phenoxy) is 1. The van der Waals surface area contributed by atoms with Crippen LogP contribution in [0.5, 0.6) is 0 Å². The molecule has 2 saturated heterocycles. The Kier molecular flexibility index (Phi) is 7.74. The highest BCUT2D eigenvalue weighted by molar-refractivity contribution is 5.76. The summed E-state index contributed by atoms with van der Waals surface area (Å²) in [5.41, 5.74) is 1.61. The fourth-order valence-corrected chi connectivity index (χ4v) is 4.62. The molecule has 4 rings (SSSR count). The van der Waals surface area contributed by atoms with Crippen LogP contribution in [-0.2, 0) is 16.1 Å². The average molecular weight is 484 g/mol. The summed E-state index contributed by atoms with van der Waals surface area (Å²) in [5, 5.41) is 4.14. The highest BCUT2D eigenvalue weighted by Crippen LogP contribution is 2.24. The molecule has 0 atom stereocenters. The zero-order valence-corrected chi connectivity index (χ0v) is 21.3. The van der Waals surface area contributed by atoms with E-state index in [1.165, 1.54) is 0 Å². The maximum atomic E-state index is 12.9. The van der Waals surface area contributed by atoms with Crippen molar-refractivity contribution in [3.8, 4) is 11.4 Å². The molecule has 9 nitrogen and oxygen atoms in total. The standard InChI is InChI=1S/C26H37N5O4/c1-19-7-5-6-8-21(19)24-27-22(35-28-24)18-29-13-15-30(16-14-29)23(32)17-20-9-11-31(12-10-20)25(33)34-26(2,3)4/h5-8,20H,9-18H2,1-4H3. The van der Waals surface area contributed by atoms with Gasteiger partial charge in [-0.1, -0.05) is 29.4 Å². The molecule has 0 aliphatic carbocycles. The van der Waals surface area contributed by atoms with E-state index < -0.39 is 5.60 Å². The van der Waals surface area contributed by atoms with Gasteiger partial charge in [-0.25, -0.2) is 4.79 Å². The Balaban J connectivity index is 1.19. The van der Waals surface area contributed by atoms with Gasteiger partial charge < -0.3 is 19.1 Å². The number of rotatable bonds is 5. The Labute approximate surface area is 207 Å². The third-order valence-electron chi connectivity index (χ3n) is 6.67. The maximum absolute atomic E-state index is 12.9. The van der Waals surface area contributed by atoms with Crippen molar-refractivity contribution in [1.82, 2.24) is 24.8 Å². The van der Waals surface area contributed by atoms with Gasteiger partial charge in [-0.3, -0.25) is 9.69 Å². The van der Waals surface area contributed by atoms with E-state index in [1.54, 1.807) is 4.90 Å². The number of carbonyl (C=O) groups is 2. The Morgan fingerprint density at radius 3 is 2.37 bits per heavy atom. The number of hydrogen-bond donors (Lipinski definition) is 0. The molecule has 0 radical (unpaired) electrons. The van der Waals surface area contributed by atoms with Crippen LogP contribution in [0.25, 0.3) is 11.4 Å². The first-order valence-corrected chi connectivity index (χ1v) is 12.5. The molecule has 2 aromatic rings. The molecule has 0 bridgehead atoms. The van der Waals surface area contributed by atoms with Crippen molar-refractivity contribution in [1.29, 1.82) is 0 Å². The second-order valence-corrected chi connectivity index (χ2v) is 10.6. The lowest BCUT2D eigenvalue weighted by Gasteiger charge is -2.36. The molecular weight excluding hydrogens is 446 g/mol. The van der Waals surface area contributed by atoms with Crippen molar-refractivity contribution in [3.63, 3.8) is 0 Å². The Morgan fingerprint density at radius 2 is 1.71 bits per heavy atom. The van der Waals surface area contributed by atoms with Crippen LogP contribution in [0.15, 0.2) is 28.8 Å². The minimum Gasteiger partial charge on any atom is -0.444 e. The summed E-state index contributed by atoms with van der Waals surface area (Å²) in [6.07, 6.45) is 1.97. The molecule has 2 aliphatic heterocycles. The molecule has 9 heteroatoms. The minimum absolute atomic E-state index is 0.208. The van der Waals surface area contributed by atoms with Crippen LogP contribution in [0.1, 0.15) is 51.5 Å². The lowest BCUT2D eigenvalue weighted by molar-refractivity contribution is -0.134. The van der Waals surface area contributed by atoms with E-state index >= 15 is 0 Å². The lowest BCUT2D eigenvalue weighted by Crippen LogP contribution is -2.49. The van der Waals surface area contributed by atoms with Crippen molar-refractivity contribution < 1.29 is 18.8 Å². The SMILES string of the molecule is Cc1ccccc1-c1noc(CN2CCN(C(=O)CC3CCN(C(=O)OC(C)(C)C)CC3)CC2)n1. The highest BCUT2D eigenvalue weighted by Gasteiger charge is 2.30. The lowest BCUT2D eigenvalue weighted by atomic mass is 9.93. The number of nitrogens with zero attached hydrogens (tertiary/aromatic N) is 5. The zero-order chi connectivity index (χ0) is 25.0. The molecule has 35 heavy (non-hydrogen) atoms. The second kappa shape index (κ2) is 10.8. The molecule has 1 aromatic heterocycles. The number of carbonyl (C=O) groups excluding carboxylic acids is 2. The first-order valence-electron chi connectivity index (χ1n) is 12.5. The van der Waals surface area contributed by atoms with E-state index in [1.807, 2.05) is 56.9 Å². The second-order valence-electron chi connectivity index (χ2n) is 10.6. The number of likely N-dealkylation sites (tertiary alicyclic amines) is 1. The van der Waals surface area contributed by atoms with Gasteiger partial charge in [-0.2, -0.15) is 4.98 Å². The first-order chi connectivity index (χ1) is 16.7. The molecular formula is C26H37N5O4. The van der Waals surface area contributed by atoms with E-state index in [9.17, 15) is 9.59 Å². The van der Waals surface area contributed by atoms with Crippen LogP contribution >= 0.6 is 0 Å². The number of benzene rings is 1. The highest BCUT2D eigenvalue weighted by atomic mass is 16.6. The molecule has 2 fully saturated rings. The fraction of sp³-hybridized carbons (Fsp3) is 0.615. The van der Waals surface area contributed by atoms with Gasteiger partial charge in [-0.05, 0) is 52.0 Å². The normalized spacial score (nSPS) is 18.1. The van der Waals surface area contributed by atoms with Crippen LogP contribution in [0.2, 0.25) is 0 Å². The van der Waals surface area contributed by atoms with Gasteiger partial charge in [0.25, 0.3) is 0 Å². The third kappa shape index (κ3) is 6.81. The monoisotopic (exact) mass is 483 g/mol. The van der Waals surface area contributed by atoms with E-state index in [2.05, 4.69) is 15.0 Å². The van der Waals surface area contributed by atoms with E-state index in [0.29, 0.717) is 56.8 Å². The summed E-state index contributed by atoms with van der Waals surface area (Å²) in [6.45, 7) is 12.5. The molecule has 0 saturated carbocycles. The summed E-state index contributed by atoms with van der Waals surface area (Å²) in [4.78, 5) is 35.7. The smallest absolute Gasteiger partial charge is 0.410 e.